The van der Waals surface area contributed by atoms with Gasteiger partial charge in [-0.1, -0.05) is 18.2 Å². The summed E-state index contributed by atoms with van der Waals surface area (Å²) in [6.45, 7) is 4.78. The van der Waals surface area contributed by atoms with Gasteiger partial charge >= 0.3 is 0 Å². The first-order chi connectivity index (χ1) is 8.70. The number of amides is 1. The lowest BCUT2D eigenvalue weighted by Crippen LogP contribution is -2.29. The van der Waals surface area contributed by atoms with Crippen LogP contribution >= 0.6 is 0 Å². The van der Waals surface area contributed by atoms with Gasteiger partial charge in [0.25, 0.3) is 0 Å². The Hall–Kier alpha value is -2.10. The number of hydrogen-bond donors (Lipinski definition) is 2. The molecule has 1 heterocycles. The summed E-state index contributed by atoms with van der Waals surface area (Å²) in [6, 6.07) is 10.0. The lowest BCUT2D eigenvalue weighted by atomic mass is 10.1. The fourth-order valence-corrected chi connectivity index (χ4v) is 1.82. The number of likely N-dealkylation sites (N-methyl/N-ethyl adjacent to an activating group) is 1. The van der Waals surface area contributed by atoms with E-state index in [1.54, 1.807) is 0 Å². The molecule has 4 heteroatoms. The molecule has 0 unspecified atom stereocenters. The Labute approximate surface area is 106 Å². The molecular formula is C14H17N3O. The SMILES string of the molecule is CCNC(=O)CNc1nc2ccccc2cc1C. The molecule has 1 aromatic carbocycles. The highest BCUT2D eigenvalue weighted by Crippen LogP contribution is 2.19. The molecule has 0 spiro atoms. The van der Waals surface area contributed by atoms with Gasteiger partial charge in [0.15, 0.2) is 0 Å². The van der Waals surface area contributed by atoms with Gasteiger partial charge in [-0.3, -0.25) is 4.79 Å². The van der Waals surface area contributed by atoms with E-state index < -0.39 is 0 Å². The fourth-order valence-electron chi connectivity index (χ4n) is 1.82. The van der Waals surface area contributed by atoms with Crippen molar-refractivity contribution >= 4 is 22.6 Å². The van der Waals surface area contributed by atoms with E-state index in [-0.39, 0.29) is 12.5 Å². The Kier molecular flexibility index (Phi) is 3.77. The van der Waals surface area contributed by atoms with Crippen molar-refractivity contribution in [1.29, 1.82) is 0 Å². The van der Waals surface area contributed by atoms with Crippen LogP contribution in [-0.2, 0) is 4.79 Å². The van der Waals surface area contributed by atoms with Gasteiger partial charge < -0.3 is 10.6 Å². The van der Waals surface area contributed by atoms with Crippen LogP contribution in [0.3, 0.4) is 0 Å². The molecule has 0 saturated carbocycles. The van der Waals surface area contributed by atoms with Crippen LogP contribution in [0.1, 0.15) is 12.5 Å². The number of carbonyl (C=O) groups is 1. The molecule has 1 aromatic heterocycles. The normalized spacial score (nSPS) is 10.3. The summed E-state index contributed by atoms with van der Waals surface area (Å²) in [4.78, 5) is 15.9. The topological polar surface area (TPSA) is 54.0 Å². The molecule has 0 aliphatic rings. The summed E-state index contributed by atoms with van der Waals surface area (Å²) in [5, 5.41) is 6.92. The molecule has 18 heavy (non-hydrogen) atoms. The minimum Gasteiger partial charge on any atom is -0.361 e. The lowest BCUT2D eigenvalue weighted by Gasteiger charge is -2.09. The minimum absolute atomic E-state index is 0.0214. The van der Waals surface area contributed by atoms with E-state index in [2.05, 4.69) is 21.7 Å². The number of aromatic nitrogens is 1. The molecule has 0 bridgehead atoms. The van der Waals surface area contributed by atoms with Crippen molar-refractivity contribution in [2.24, 2.45) is 0 Å². The maximum atomic E-state index is 11.4. The third kappa shape index (κ3) is 2.77. The molecule has 4 nitrogen and oxygen atoms in total. The van der Waals surface area contributed by atoms with Crippen LogP contribution in [-0.4, -0.2) is 24.0 Å². The number of nitrogens with zero attached hydrogens (tertiary/aromatic N) is 1. The second-order valence-corrected chi connectivity index (χ2v) is 4.15. The second kappa shape index (κ2) is 5.49. The Morgan fingerprint density at radius 1 is 1.33 bits per heavy atom. The number of fused-ring (bicyclic) bond motifs is 1. The summed E-state index contributed by atoms with van der Waals surface area (Å²) in [7, 11) is 0. The first-order valence-corrected chi connectivity index (χ1v) is 6.07. The average Bonchev–Trinajstić information content (AvgIpc) is 2.36. The van der Waals surface area contributed by atoms with Crippen LogP contribution in [0.5, 0.6) is 0 Å². The molecule has 0 aliphatic carbocycles. The van der Waals surface area contributed by atoms with E-state index in [1.165, 1.54) is 0 Å². The average molecular weight is 243 g/mol. The van der Waals surface area contributed by atoms with Gasteiger partial charge in [0, 0.05) is 11.9 Å². The van der Waals surface area contributed by atoms with Crippen LogP contribution < -0.4 is 10.6 Å². The van der Waals surface area contributed by atoms with Crippen LogP contribution in [0.15, 0.2) is 30.3 Å². The van der Waals surface area contributed by atoms with Crippen LogP contribution in [0.25, 0.3) is 10.9 Å². The number of benzene rings is 1. The monoisotopic (exact) mass is 243 g/mol. The number of para-hydroxylation sites is 1. The van der Waals surface area contributed by atoms with Gasteiger partial charge in [0.05, 0.1) is 12.1 Å². The number of carbonyl (C=O) groups excluding carboxylic acids is 1. The number of aryl methyl sites for hydroxylation is 1. The highest BCUT2D eigenvalue weighted by Gasteiger charge is 2.04. The van der Waals surface area contributed by atoms with Crippen molar-refractivity contribution in [3.8, 4) is 0 Å². The largest absolute Gasteiger partial charge is 0.361 e. The van der Waals surface area contributed by atoms with E-state index in [0.717, 1.165) is 22.3 Å². The molecule has 0 saturated heterocycles. The Balaban J connectivity index is 2.17. The molecule has 2 N–H and O–H groups in total. The van der Waals surface area contributed by atoms with E-state index in [0.29, 0.717) is 6.54 Å². The molecule has 0 fully saturated rings. The molecule has 0 aliphatic heterocycles. The minimum atomic E-state index is -0.0214. The van der Waals surface area contributed by atoms with Crippen molar-refractivity contribution in [1.82, 2.24) is 10.3 Å². The van der Waals surface area contributed by atoms with Crippen LogP contribution in [0.4, 0.5) is 5.82 Å². The molecule has 1 amide bonds. The maximum Gasteiger partial charge on any atom is 0.239 e. The van der Waals surface area contributed by atoms with Crippen LogP contribution in [0.2, 0.25) is 0 Å². The molecule has 94 valence electrons. The third-order valence-electron chi connectivity index (χ3n) is 2.70. The summed E-state index contributed by atoms with van der Waals surface area (Å²) in [5.41, 5.74) is 1.97. The summed E-state index contributed by atoms with van der Waals surface area (Å²) in [6.07, 6.45) is 0. The van der Waals surface area contributed by atoms with E-state index in [1.807, 2.05) is 38.1 Å². The Morgan fingerprint density at radius 3 is 2.89 bits per heavy atom. The first-order valence-electron chi connectivity index (χ1n) is 6.07. The molecular weight excluding hydrogens is 226 g/mol. The number of hydrogen-bond acceptors (Lipinski definition) is 3. The number of pyridine rings is 1. The highest BCUT2D eigenvalue weighted by atomic mass is 16.1. The number of nitrogens with one attached hydrogen (secondary N) is 2. The van der Waals surface area contributed by atoms with Crippen molar-refractivity contribution in [2.45, 2.75) is 13.8 Å². The Morgan fingerprint density at radius 2 is 2.11 bits per heavy atom. The summed E-state index contributed by atoms with van der Waals surface area (Å²) in [5.74, 6) is 0.742. The van der Waals surface area contributed by atoms with E-state index >= 15 is 0 Å². The maximum absolute atomic E-state index is 11.4. The second-order valence-electron chi connectivity index (χ2n) is 4.15. The standard InChI is InChI=1S/C14H17N3O/c1-3-15-13(18)9-16-14-10(2)8-11-6-4-5-7-12(11)17-14/h4-8H,3,9H2,1-2H3,(H,15,18)(H,16,17). The number of anilines is 1. The van der Waals surface area contributed by atoms with Crippen molar-refractivity contribution in [3.63, 3.8) is 0 Å². The van der Waals surface area contributed by atoms with Gasteiger partial charge in [-0.25, -0.2) is 4.98 Å². The first kappa shape index (κ1) is 12.4. The predicted octanol–water partition coefficient (Wildman–Crippen LogP) is 2.09. The predicted molar refractivity (Wildman–Crippen MR) is 73.7 cm³/mol. The van der Waals surface area contributed by atoms with Gasteiger partial charge in [0.2, 0.25) is 5.91 Å². The smallest absolute Gasteiger partial charge is 0.239 e. The van der Waals surface area contributed by atoms with E-state index in [4.69, 9.17) is 0 Å². The Bertz CT molecular complexity index is 566. The quantitative estimate of drug-likeness (QED) is 0.864. The van der Waals surface area contributed by atoms with Crippen molar-refractivity contribution in [2.75, 3.05) is 18.4 Å². The van der Waals surface area contributed by atoms with Crippen molar-refractivity contribution in [3.05, 3.63) is 35.9 Å². The van der Waals surface area contributed by atoms with Crippen molar-refractivity contribution < 1.29 is 4.79 Å². The third-order valence-corrected chi connectivity index (χ3v) is 2.70. The zero-order valence-electron chi connectivity index (χ0n) is 10.7. The molecule has 0 atom stereocenters. The zero-order chi connectivity index (χ0) is 13.0. The number of rotatable bonds is 4. The van der Waals surface area contributed by atoms with Gasteiger partial charge in [-0.15, -0.1) is 0 Å². The van der Waals surface area contributed by atoms with Gasteiger partial charge in [-0.2, -0.15) is 0 Å². The highest BCUT2D eigenvalue weighted by molar-refractivity contribution is 5.83. The lowest BCUT2D eigenvalue weighted by molar-refractivity contribution is -0.119. The fraction of sp³-hybridized carbons (Fsp3) is 0.286. The van der Waals surface area contributed by atoms with Gasteiger partial charge in [0.1, 0.15) is 5.82 Å². The molecule has 0 radical (unpaired) electrons. The van der Waals surface area contributed by atoms with Crippen LogP contribution in [0, 0.1) is 6.92 Å². The zero-order valence-corrected chi connectivity index (χ0v) is 10.7. The van der Waals surface area contributed by atoms with Gasteiger partial charge in [-0.05, 0) is 31.5 Å². The molecule has 2 aromatic rings. The van der Waals surface area contributed by atoms with E-state index in [9.17, 15) is 4.79 Å². The summed E-state index contributed by atoms with van der Waals surface area (Å²) < 4.78 is 0. The summed E-state index contributed by atoms with van der Waals surface area (Å²) >= 11 is 0. The molecule has 2 rings (SSSR count).